The van der Waals surface area contributed by atoms with Crippen LogP contribution in [0.2, 0.25) is 0 Å². The number of nitrogens with one attached hydrogen (secondary N) is 1. The number of aliphatic carboxylic acids is 1. The number of hydrogen-bond donors (Lipinski definition) is 2. The maximum absolute atomic E-state index is 12.0. The minimum atomic E-state index is -1.25. The third kappa shape index (κ3) is 6.41. The summed E-state index contributed by atoms with van der Waals surface area (Å²) in [5.74, 6) is -1.29. The first-order chi connectivity index (χ1) is 14.7. The number of carbonyl (C=O) groups excluding carboxylic acids is 1. The summed E-state index contributed by atoms with van der Waals surface area (Å²) in [5, 5.41) is 11.7. The molecular formula is C26H34N2O3. The van der Waals surface area contributed by atoms with Gasteiger partial charge in [0.2, 0.25) is 5.91 Å². The summed E-state index contributed by atoms with van der Waals surface area (Å²) in [6.45, 7) is 7.65. The molecular weight excluding hydrogens is 388 g/mol. The van der Waals surface area contributed by atoms with Crippen molar-refractivity contribution in [1.82, 2.24) is 10.2 Å². The second-order valence-electron chi connectivity index (χ2n) is 9.15. The second kappa shape index (κ2) is 10.1. The van der Waals surface area contributed by atoms with Crippen molar-refractivity contribution in [2.45, 2.75) is 64.5 Å². The highest BCUT2D eigenvalue weighted by atomic mass is 16.4. The molecule has 0 aliphatic carbocycles. The summed E-state index contributed by atoms with van der Waals surface area (Å²) < 4.78 is 0. The van der Waals surface area contributed by atoms with E-state index in [2.05, 4.69) is 53.5 Å². The molecule has 1 atom stereocenters. The van der Waals surface area contributed by atoms with Crippen molar-refractivity contribution in [3.8, 4) is 11.1 Å². The topological polar surface area (TPSA) is 69.6 Å². The molecule has 0 aromatic heterocycles. The SMILES string of the molecule is CC1CCCN1CCc1ccc(-c2ccc(CCC(=O)NC(C)(C)C(=O)O)cc2)cc1. The first kappa shape index (κ1) is 23.0. The second-order valence-corrected chi connectivity index (χ2v) is 9.15. The van der Waals surface area contributed by atoms with E-state index < -0.39 is 11.5 Å². The maximum Gasteiger partial charge on any atom is 0.328 e. The summed E-state index contributed by atoms with van der Waals surface area (Å²) in [6, 6.07) is 17.7. The largest absolute Gasteiger partial charge is 0.480 e. The number of amides is 1. The Balaban J connectivity index is 1.50. The highest BCUT2D eigenvalue weighted by Gasteiger charge is 2.28. The van der Waals surface area contributed by atoms with Gasteiger partial charge in [0.25, 0.3) is 0 Å². The lowest BCUT2D eigenvalue weighted by molar-refractivity contribution is -0.146. The molecule has 1 aliphatic heterocycles. The Morgan fingerprint density at radius 2 is 1.55 bits per heavy atom. The van der Waals surface area contributed by atoms with Gasteiger partial charge >= 0.3 is 5.97 Å². The number of hydrogen-bond acceptors (Lipinski definition) is 3. The van der Waals surface area contributed by atoms with Gasteiger partial charge < -0.3 is 15.3 Å². The molecule has 1 aliphatic rings. The molecule has 0 spiro atoms. The summed E-state index contributed by atoms with van der Waals surface area (Å²) in [5.41, 5.74) is 3.52. The predicted molar refractivity (Wildman–Crippen MR) is 124 cm³/mol. The third-order valence-electron chi connectivity index (χ3n) is 6.25. The van der Waals surface area contributed by atoms with Crippen LogP contribution >= 0.6 is 0 Å². The van der Waals surface area contributed by atoms with Gasteiger partial charge in [0.1, 0.15) is 5.54 Å². The molecule has 2 N–H and O–H groups in total. The van der Waals surface area contributed by atoms with Crippen molar-refractivity contribution in [3.05, 3.63) is 59.7 Å². The Morgan fingerprint density at radius 1 is 1.00 bits per heavy atom. The van der Waals surface area contributed by atoms with E-state index in [-0.39, 0.29) is 12.3 Å². The Bertz CT molecular complexity index is 888. The van der Waals surface area contributed by atoms with Crippen molar-refractivity contribution in [2.24, 2.45) is 0 Å². The molecule has 2 aromatic rings. The molecule has 5 nitrogen and oxygen atoms in total. The van der Waals surface area contributed by atoms with Crippen LogP contribution in [0, 0.1) is 0 Å². The number of carboxylic acids is 1. The fourth-order valence-corrected chi connectivity index (χ4v) is 4.05. The molecule has 5 heteroatoms. The van der Waals surface area contributed by atoms with Crippen LogP contribution in [0.25, 0.3) is 11.1 Å². The van der Waals surface area contributed by atoms with Gasteiger partial charge in [-0.3, -0.25) is 4.79 Å². The van der Waals surface area contributed by atoms with Gasteiger partial charge in [0.15, 0.2) is 0 Å². The molecule has 1 heterocycles. The lowest BCUT2D eigenvalue weighted by Crippen LogP contribution is -2.49. The lowest BCUT2D eigenvalue weighted by Gasteiger charge is -2.21. The Kier molecular flexibility index (Phi) is 7.50. The maximum atomic E-state index is 12.0. The van der Waals surface area contributed by atoms with E-state index in [0.717, 1.165) is 24.1 Å². The van der Waals surface area contributed by atoms with Crippen molar-refractivity contribution < 1.29 is 14.7 Å². The minimum absolute atomic E-state index is 0.254. The molecule has 0 saturated carbocycles. The zero-order valence-electron chi connectivity index (χ0n) is 18.9. The van der Waals surface area contributed by atoms with E-state index in [4.69, 9.17) is 5.11 Å². The van der Waals surface area contributed by atoms with Crippen LogP contribution in [0.15, 0.2) is 48.5 Å². The molecule has 0 bridgehead atoms. The van der Waals surface area contributed by atoms with Crippen LogP contribution in [-0.2, 0) is 22.4 Å². The quantitative estimate of drug-likeness (QED) is 0.632. The number of benzene rings is 2. The van der Waals surface area contributed by atoms with E-state index in [0.29, 0.717) is 12.5 Å². The van der Waals surface area contributed by atoms with Gasteiger partial charge in [0.05, 0.1) is 0 Å². The monoisotopic (exact) mass is 422 g/mol. The van der Waals surface area contributed by atoms with Gasteiger partial charge in [0, 0.05) is 19.0 Å². The lowest BCUT2D eigenvalue weighted by atomic mass is 10.00. The molecule has 1 fully saturated rings. The van der Waals surface area contributed by atoms with Crippen LogP contribution in [0.5, 0.6) is 0 Å². The number of nitrogens with zero attached hydrogens (tertiary/aromatic N) is 1. The van der Waals surface area contributed by atoms with Crippen LogP contribution in [0.4, 0.5) is 0 Å². The first-order valence-corrected chi connectivity index (χ1v) is 11.2. The number of rotatable bonds is 9. The number of carboxylic acid groups (broad SMARTS) is 1. The average Bonchev–Trinajstić information content (AvgIpc) is 3.16. The van der Waals surface area contributed by atoms with Crippen LogP contribution in [0.1, 0.15) is 51.2 Å². The molecule has 31 heavy (non-hydrogen) atoms. The van der Waals surface area contributed by atoms with Crippen molar-refractivity contribution >= 4 is 11.9 Å². The summed E-state index contributed by atoms with van der Waals surface area (Å²) in [7, 11) is 0. The molecule has 1 saturated heterocycles. The van der Waals surface area contributed by atoms with Crippen LogP contribution in [-0.4, -0.2) is 46.6 Å². The number of likely N-dealkylation sites (tertiary alicyclic amines) is 1. The van der Waals surface area contributed by atoms with Crippen LogP contribution < -0.4 is 5.32 Å². The summed E-state index contributed by atoms with van der Waals surface area (Å²) >= 11 is 0. The molecule has 1 amide bonds. The Hall–Kier alpha value is -2.66. The third-order valence-corrected chi connectivity index (χ3v) is 6.25. The zero-order chi connectivity index (χ0) is 22.4. The van der Waals surface area contributed by atoms with Crippen LogP contribution in [0.3, 0.4) is 0 Å². The van der Waals surface area contributed by atoms with E-state index in [9.17, 15) is 9.59 Å². The predicted octanol–water partition coefficient (Wildman–Crippen LogP) is 4.29. The van der Waals surface area contributed by atoms with Gasteiger partial charge in [-0.2, -0.15) is 0 Å². The molecule has 0 radical (unpaired) electrons. The number of aryl methyl sites for hydroxylation is 1. The molecule has 3 rings (SSSR count). The highest BCUT2D eigenvalue weighted by molar-refractivity contribution is 5.86. The van der Waals surface area contributed by atoms with Gasteiger partial charge in [-0.25, -0.2) is 4.79 Å². The first-order valence-electron chi connectivity index (χ1n) is 11.2. The average molecular weight is 423 g/mol. The van der Waals surface area contributed by atoms with Crippen molar-refractivity contribution in [3.63, 3.8) is 0 Å². The minimum Gasteiger partial charge on any atom is -0.480 e. The van der Waals surface area contributed by atoms with E-state index in [1.54, 1.807) is 0 Å². The number of carbonyl (C=O) groups is 2. The van der Waals surface area contributed by atoms with Gasteiger partial charge in [-0.15, -0.1) is 0 Å². The zero-order valence-corrected chi connectivity index (χ0v) is 18.9. The summed E-state index contributed by atoms with van der Waals surface area (Å²) in [6.07, 6.45) is 4.57. The van der Waals surface area contributed by atoms with Crippen molar-refractivity contribution in [2.75, 3.05) is 13.1 Å². The van der Waals surface area contributed by atoms with Gasteiger partial charge in [-0.05, 0) is 75.3 Å². The van der Waals surface area contributed by atoms with E-state index in [1.807, 2.05) is 12.1 Å². The fraction of sp³-hybridized carbons (Fsp3) is 0.462. The van der Waals surface area contributed by atoms with E-state index >= 15 is 0 Å². The fourth-order valence-electron chi connectivity index (χ4n) is 4.05. The Morgan fingerprint density at radius 3 is 2.03 bits per heavy atom. The summed E-state index contributed by atoms with van der Waals surface area (Å²) in [4.78, 5) is 25.7. The van der Waals surface area contributed by atoms with E-state index in [1.165, 1.54) is 44.4 Å². The molecule has 1 unspecified atom stereocenters. The molecule has 2 aromatic carbocycles. The van der Waals surface area contributed by atoms with Crippen molar-refractivity contribution in [1.29, 1.82) is 0 Å². The standard InChI is InChI=1S/C26H34N2O3/c1-19-5-4-17-28(19)18-16-21-8-13-23(14-9-21)22-11-6-20(7-12-22)10-15-24(29)27-26(2,3)25(30)31/h6-9,11-14,19H,4-5,10,15-18H2,1-3H3,(H,27,29)(H,30,31). The molecule has 166 valence electrons. The Labute approximate surface area is 185 Å². The highest BCUT2D eigenvalue weighted by Crippen LogP contribution is 2.22. The van der Waals surface area contributed by atoms with Gasteiger partial charge in [-0.1, -0.05) is 48.5 Å². The smallest absolute Gasteiger partial charge is 0.328 e. The normalized spacial score (nSPS) is 16.9.